The summed E-state index contributed by atoms with van der Waals surface area (Å²) in [7, 11) is 0. The lowest BCUT2D eigenvalue weighted by Crippen LogP contribution is -2.06. The summed E-state index contributed by atoms with van der Waals surface area (Å²) in [5.74, 6) is 0.781. The van der Waals surface area contributed by atoms with Crippen LogP contribution in [0.4, 0.5) is 0 Å². The van der Waals surface area contributed by atoms with Crippen molar-refractivity contribution in [2.75, 3.05) is 6.54 Å². The van der Waals surface area contributed by atoms with Crippen LogP contribution in [-0.2, 0) is 13.0 Å². The standard InChI is InChI=1S/C10H17N3/c1-2-13-10(8-3-4-8)9(5-6-11)7-12-13/h7-8H,2-6,11H2,1H3. The maximum atomic E-state index is 5.56. The van der Waals surface area contributed by atoms with Gasteiger partial charge in [0.1, 0.15) is 0 Å². The summed E-state index contributed by atoms with van der Waals surface area (Å²) in [5, 5.41) is 4.38. The van der Waals surface area contributed by atoms with E-state index in [2.05, 4.69) is 16.7 Å². The SMILES string of the molecule is CCn1ncc(CCN)c1C1CC1. The van der Waals surface area contributed by atoms with Crippen molar-refractivity contribution in [2.24, 2.45) is 5.73 Å². The van der Waals surface area contributed by atoms with Crippen LogP contribution in [0, 0.1) is 0 Å². The lowest BCUT2D eigenvalue weighted by molar-refractivity contribution is 0.621. The van der Waals surface area contributed by atoms with Crippen LogP contribution in [0.15, 0.2) is 6.20 Å². The molecule has 2 N–H and O–H groups in total. The highest BCUT2D eigenvalue weighted by Gasteiger charge is 2.29. The van der Waals surface area contributed by atoms with E-state index >= 15 is 0 Å². The van der Waals surface area contributed by atoms with E-state index in [1.54, 1.807) is 0 Å². The fourth-order valence-electron chi connectivity index (χ4n) is 1.86. The number of hydrogen-bond acceptors (Lipinski definition) is 2. The number of nitrogens with two attached hydrogens (primary N) is 1. The zero-order valence-corrected chi connectivity index (χ0v) is 8.16. The van der Waals surface area contributed by atoms with E-state index in [0.29, 0.717) is 0 Å². The van der Waals surface area contributed by atoms with E-state index in [1.807, 2.05) is 6.20 Å². The Morgan fingerprint density at radius 2 is 2.38 bits per heavy atom. The maximum absolute atomic E-state index is 5.56. The third-order valence-electron chi connectivity index (χ3n) is 2.64. The first-order valence-electron chi connectivity index (χ1n) is 5.11. The minimum absolute atomic E-state index is 0.731. The second-order valence-electron chi connectivity index (χ2n) is 3.68. The van der Waals surface area contributed by atoms with Crippen molar-refractivity contribution >= 4 is 0 Å². The first-order chi connectivity index (χ1) is 6.36. The van der Waals surface area contributed by atoms with Crippen LogP contribution < -0.4 is 5.73 Å². The quantitative estimate of drug-likeness (QED) is 0.756. The topological polar surface area (TPSA) is 43.8 Å². The molecule has 1 aromatic rings. The average molecular weight is 179 g/mol. The van der Waals surface area contributed by atoms with Gasteiger partial charge >= 0.3 is 0 Å². The van der Waals surface area contributed by atoms with Crippen molar-refractivity contribution < 1.29 is 0 Å². The molecule has 0 radical (unpaired) electrons. The van der Waals surface area contributed by atoms with Gasteiger partial charge in [-0.05, 0) is 38.3 Å². The van der Waals surface area contributed by atoms with Crippen molar-refractivity contribution in [2.45, 2.75) is 38.6 Å². The lowest BCUT2D eigenvalue weighted by atomic mass is 10.1. The molecule has 3 nitrogen and oxygen atoms in total. The van der Waals surface area contributed by atoms with E-state index in [9.17, 15) is 0 Å². The Labute approximate surface area is 78.9 Å². The van der Waals surface area contributed by atoms with Crippen molar-refractivity contribution in [3.05, 3.63) is 17.5 Å². The van der Waals surface area contributed by atoms with Gasteiger partial charge in [-0.3, -0.25) is 4.68 Å². The molecule has 1 aliphatic carbocycles. The second-order valence-corrected chi connectivity index (χ2v) is 3.68. The molecule has 0 saturated heterocycles. The molecule has 0 spiro atoms. The largest absolute Gasteiger partial charge is 0.330 e. The van der Waals surface area contributed by atoms with Gasteiger partial charge in [0, 0.05) is 18.2 Å². The van der Waals surface area contributed by atoms with Crippen molar-refractivity contribution in [1.82, 2.24) is 9.78 Å². The van der Waals surface area contributed by atoms with Gasteiger partial charge in [0.2, 0.25) is 0 Å². The fraction of sp³-hybridized carbons (Fsp3) is 0.700. The Kier molecular flexibility index (Phi) is 2.36. The van der Waals surface area contributed by atoms with Crippen LogP contribution >= 0.6 is 0 Å². The first-order valence-corrected chi connectivity index (χ1v) is 5.11. The first kappa shape index (κ1) is 8.75. The van der Waals surface area contributed by atoms with Gasteiger partial charge in [-0.2, -0.15) is 5.10 Å². The highest BCUT2D eigenvalue weighted by molar-refractivity contribution is 5.26. The molecule has 0 aromatic carbocycles. The van der Waals surface area contributed by atoms with Crippen molar-refractivity contribution in [3.63, 3.8) is 0 Å². The fourth-order valence-corrected chi connectivity index (χ4v) is 1.86. The van der Waals surface area contributed by atoms with Gasteiger partial charge in [0.05, 0.1) is 6.20 Å². The third kappa shape index (κ3) is 1.61. The molecule has 0 unspecified atom stereocenters. The van der Waals surface area contributed by atoms with Crippen LogP contribution in [0.1, 0.15) is 36.9 Å². The average Bonchev–Trinajstić information content (AvgIpc) is 2.89. The van der Waals surface area contributed by atoms with Gasteiger partial charge in [-0.15, -0.1) is 0 Å². The minimum Gasteiger partial charge on any atom is -0.330 e. The van der Waals surface area contributed by atoms with E-state index in [0.717, 1.165) is 25.4 Å². The van der Waals surface area contributed by atoms with Crippen LogP contribution in [0.25, 0.3) is 0 Å². The van der Waals surface area contributed by atoms with Gasteiger partial charge in [-0.1, -0.05) is 0 Å². The molecule has 1 aromatic heterocycles. The van der Waals surface area contributed by atoms with Crippen molar-refractivity contribution in [3.8, 4) is 0 Å². The summed E-state index contributed by atoms with van der Waals surface area (Å²) < 4.78 is 2.13. The predicted molar refractivity (Wildman–Crippen MR) is 52.6 cm³/mol. The van der Waals surface area contributed by atoms with Crippen LogP contribution in [0.3, 0.4) is 0 Å². The smallest absolute Gasteiger partial charge is 0.0525 e. The lowest BCUT2D eigenvalue weighted by Gasteiger charge is -2.05. The molecule has 3 heteroatoms. The molecular weight excluding hydrogens is 162 g/mol. The van der Waals surface area contributed by atoms with E-state index in [-0.39, 0.29) is 0 Å². The van der Waals surface area contributed by atoms with Crippen LogP contribution in [-0.4, -0.2) is 16.3 Å². The van der Waals surface area contributed by atoms with Gasteiger partial charge < -0.3 is 5.73 Å². The Morgan fingerprint density at radius 3 is 2.92 bits per heavy atom. The number of aromatic nitrogens is 2. The van der Waals surface area contributed by atoms with E-state index < -0.39 is 0 Å². The molecule has 1 fully saturated rings. The summed E-state index contributed by atoms with van der Waals surface area (Å²) >= 11 is 0. The summed E-state index contributed by atoms with van der Waals surface area (Å²) in [6, 6.07) is 0. The summed E-state index contributed by atoms with van der Waals surface area (Å²) in [4.78, 5) is 0. The second kappa shape index (κ2) is 3.50. The molecule has 1 aliphatic rings. The maximum Gasteiger partial charge on any atom is 0.0525 e. The summed E-state index contributed by atoms with van der Waals surface area (Å²) in [6.07, 6.45) is 5.64. The molecule has 1 heterocycles. The molecule has 0 bridgehead atoms. The Morgan fingerprint density at radius 1 is 1.62 bits per heavy atom. The van der Waals surface area contributed by atoms with Crippen LogP contribution in [0.2, 0.25) is 0 Å². The Bertz CT molecular complexity index is 286. The van der Waals surface area contributed by atoms with Gasteiger partial charge in [0.15, 0.2) is 0 Å². The molecule has 0 aliphatic heterocycles. The van der Waals surface area contributed by atoms with Crippen molar-refractivity contribution in [1.29, 1.82) is 0 Å². The predicted octanol–water partition coefficient (Wildman–Crippen LogP) is 1.28. The van der Waals surface area contributed by atoms with Crippen LogP contribution in [0.5, 0.6) is 0 Å². The van der Waals surface area contributed by atoms with Gasteiger partial charge in [0.25, 0.3) is 0 Å². The van der Waals surface area contributed by atoms with E-state index in [1.165, 1.54) is 24.1 Å². The normalized spacial score (nSPS) is 16.5. The molecule has 2 rings (SSSR count). The number of nitrogens with zero attached hydrogens (tertiary/aromatic N) is 2. The Hall–Kier alpha value is -0.830. The number of aryl methyl sites for hydroxylation is 1. The van der Waals surface area contributed by atoms with E-state index in [4.69, 9.17) is 5.73 Å². The highest BCUT2D eigenvalue weighted by atomic mass is 15.3. The minimum atomic E-state index is 0.731. The zero-order chi connectivity index (χ0) is 9.26. The molecule has 72 valence electrons. The highest BCUT2D eigenvalue weighted by Crippen LogP contribution is 2.41. The molecule has 0 atom stereocenters. The number of rotatable bonds is 4. The van der Waals surface area contributed by atoms with Gasteiger partial charge in [-0.25, -0.2) is 0 Å². The Balaban J connectivity index is 2.27. The molecule has 13 heavy (non-hydrogen) atoms. The number of hydrogen-bond donors (Lipinski definition) is 1. The summed E-state index contributed by atoms with van der Waals surface area (Å²) in [6.45, 7) is 3.86. The monoisotopic (exact) mass is 179 g/mol. The molecule has 1 saturated carbocycles. The third-order valence-corrected chi connectivity index (χ3v) is 2.64. The molecule has 0 amide bonds. The molecular formula is C10H17N3. The zero-order valence-electron chi connectivity index (χ0n) is 8.16. The summed E-state index contributed by atoms with van der Waals surface area (Å²) in [5.41, 5.74) is 8.38.